The number of carbonyl (C=O) groups excluding carboxylic acids is 3. The summed E-state index contributed by atoms with van der Waals surface area (Å²) in [7, 11) is 2.73. The molecule has 90 valence electrons. The zero-order valence-electron chi connectivity index (χ0n) is 9.49. The van der Waals surface area contributed by atoms with Crippen LogP contribution in [-0.2, 0) is 19.1 Å². The fraction of sp³-hybridized carbons (Fsp3) is 0.700. The first kappa shape index (κ1) is 12.5. The summed E-state index contributed by atoms with van der Waals surface area (Å²) in [5, 5.41) is 2.54. The first-order valence-electron chi connectivity index (χ1n) is 5.19. The molecule has 0 radical (unpaired) electrons. The van der Waals surface area contributed by atoms with Gasteiger partial charge in [0.15, 0.2) is 0 Å². The first-order chi connectivity index (χ1) is 7.60. The zero-order valence-corrected chi connectivity index (χ0v) is 9.49. The molecule has 1 aliphatic heterocycles. The Morgan fingerprint density at radius 2 is 2.06 bits per heavy atom. The minimum Gasteiger partial charge on any atom is -0.462 e. The Morgan fingerprint density at radius 3 is 2.62 bits per heavy atom. The highest BCUT2D eigenvalue weighted by molar-refractivity contribution is 6.32. The number of ether oxygens (including phenoxy) is 1. The highest BCUT2D eigenvalue weighted by atomic mass is 16.5. The third kappa shape index (κ3) is 2.71. The van der Waals surface area contributed by atoms with Crippen LogP contribution < -0.4 is 5.32 Å². The van der Waals surface area contributed by atoms with Crippen molar-refractivity contribution in [3.05, 3.63) is 0 Å². The van der Waals surface area contributed by atoms with Crippen molar-refractivity contribution in [3.8, 4) is 0 Å². The lowest BCUT2D eigenvalue weighted by atomic mass is 9.97. The smallest absolute Gasteiger partial charge is 0.396 e. The van der Waals surface area contributed by atoms with E-state index in [1.54, 1.807) is 7.05 Å². The zero-order chi connectivity index (χ0) is 12.1. The molecule has 0 bridgehead atoms. The average molecular weight is 228 g/mol. The molecular weight excluding hydrogens is 212 g/mol. The van der Waals surface area contributed by atoms with Crippen molar-refractivity contribution in [2.75, 3.05) is 27.2 Å². The summed E-state index contributed by atoms with van der Waals surface area (Å²) >= 11 is 0. The Balaban J connectivity index is 2.60. The predicted molar refractivity (Wildman–Crippen MR) is 55.4 cm³/mol. The standard InChI is InChI=1S/C10H16N2O4/c1-11-8(13)7-4-3-5-12(6-7)9(14)10(15)16-2/h7H,3-6H2,1-2H3,(H,11,13). The van der Waals surface area contributed by atoms with E-state index >= 15 is 0 Å². The Labute approximate surface area is 93.9 Å². The number of nitrogens with zero attached hydrogens (tertiary/aromatic N) is 1. The van der Waals surface area contributed by atoms with Gasteiger partial charge in [-0.1, -0.05) is 0 Å². The van der Waals surface area contributed by atoms with Crippen LogP contribution in [0.3, 0.4) is 0 Å². The largest absolute Gasteiger partial charge is 0.462 e. The van der Waals surface area contributed by atoms with E-state index in [1.165, 1.54) is 12.0 Å². The van der Waals surface area contributed by atoms with Crippen molar-refractivity contribution in [1.29, 1.82) is 0 Å². The summed E-state index contributed by atoms with van der Waals surface area (Å²) in [6.07, 6.45) is 1.46. The number of hydrogen-bond donors (Lipinski definition) is 1. The summed E-state index contributed by atoms with van der Waals surface area (Å²) in [6, 6.07) is 0. The molecule has 1 rings (SSSR count). The lowest BCUT2D eigenvalue weighted by Crippen LogP contribution is -2.47. The van der Waals surface area contributed by atoms with Gasteiger partial charge in [0.2, 0.25) is 5.91 Å². The molecule has 0 aliphatic carbocycles. The van der Waals surface area contributed by atoms with Crippen LogP contribution in [0.25, 0.3) is 0 Å². The Hall–Kier alpha value is -1.59. The van der Waals surface area contributed by atoms with Crippen molar-refractivity contribution in [2.24, 2.45) is 5.92 Å². The van der Waals surface area contributed by atoms with Crippen molar-refractivity contribution < 1.29 is 19.1 Å². The maximum Gasteiger partial charge on any atom is 0.396 e. The SMILES string of the molecule is CNC(=O)C1CCCN(C(=O)C(=O)OC)C1. The number of methoxy groups -OCH3 is 1. The maximum atomic E-state index is 11.5. The minimum atomic E-state index is -0.877. The number of likely N-dealkylation sites (tertiary alicyclic amines) is 1. The molecule has 16 heavy (non-hydrogen) atoms. The fourth-order valence-electron chi connectivity index (χ4n) is 1.80. The van der Waals surface area contributed by atoms with Gasteiger partial charge >= 0.3 is 11.9 Å². The molecule has 0 saturated carbocycles. The molecule has 0 aromatic heterocycles. The highest BCUT2D eigenvalue weighted by Gasteiger charge is 2.31. The third-order valence-electron chi connectivity index (χ3n) is 2.69. The topological polar surface area (TPSA) is 75.7 Å². The molecule has 1 atom stereocenters. The van der Waals surface area contributed by atoms with Gasteiger partial charge in [0, 0.05) is 20.1 Å². The van der Waals surface area contributed by atoms with Crippen LogP contribution in [0.15, 0.2) is 0 Å². The van der Waals surface area contributed by atoms with Gasteiger partial charge in [-0.05, 0) is 12.8 Å². The second-order valence-corrected chi connectivity index (χ2v) is 3.70. The number of carbonyl (C=O) groups is 3. The molecule has 6 heteroatoms. The van der Waals surface area contributed by atoms with Crippen LogP contribution in [0.1, 0.15) is 12.8 Å². The molecule has 1 saturated heterocycles. The summed E-state index contributed by atoms with van der Waals surface area (Å²) in [5.74, 6) is -1.87. The summed E-state index contributed by atoms with van der Waals surface area (Å²) in [4.78, 5) is 35.3. The maximum absolute atomic E-state index is 11.5. The van der Waals surface area contributed by atoms with Gasteiger partial charge in [-0.15, -0.1) is 0 Å². The molecule has 2 amide bonds. The van der Waals surface area contributed by atoms with Crippen LogP contribution in [0.5, 0.6) is 0 Å². The third-order valence-corrected chi connectivity index (χ3v) is 2.69. The van der Waals surface area contributed by atoms with E-state index in [2.05, 4.69) is 10.1 Å². The van der Waals surface area contributed by atoms with Gasteiger partial charge in [-0.25, -0.2) is 4.79 Å². The molecule has 1 N–H and O–H groups in total. The van der Waals surface area contributed by atoms with E-state index in [9.17, 15) is 14.4 Å². The molecule has 1 fully saturated rings. The van der Waals surface area contributed by atoms with Crippen LogP contribution in [0.2, 0.25) is 0 Å². The second-order valence-electron chi connectivity index (χ2n) is 3.70. The molecular formula is C10H16N2O4. The van der Waals surface area contributed by atoms with E-state index in [0.29, 0.717) is 6.54 Å². The van der Waals surface area contributed by atoms with Crippen molar-refractivity contribution in [2.45, 2.75) is 12.8 Å². The highest BCUT2D eigenvalue weighted by Crippen LogP contribution is 2.16. The van der Waals surface area contributed by atoms with Crippen LogP contribution in [-0.4, -0.2) is 49.9 Å². The first-order valence-corrected chi connectivity index (χ1v) is 5.19. The number of amides is 2. The second kappa shape index (κ2) is 5.48. The Morgan fingerprint density at radius 1 is 1.38 bits per heavy atom. The van der Waals surface area contributed by atoms with Crippen molar-refractivity contribution in [1.82, 2.24) is 10.2 Å². The molecule has 1 unspecified atom stereocenters. The van der Waals surface area contributed by atoms with Gasteiger partial charge in [0.05, 0.1) is 13.0 Å². The van der Waals surface area contributed by atoms with Gasteiger partial charge < -0.3 is 15.0 Å². The molecule has 0 aromatic rings. The molecule has 1 aliphatic rings. The van der Waals surface area contributed by atoms with E-state index in [4.69, 9.17) is 0 Å². The summed E-state index contributed by atoms with van der Waals surface area (Å²) < 4.78 is 4.36. The summed E-state index contributed by atoms with van der Waals surface area (Å²) in [6.45, 7) is 0.787. The Bertz CT molecular complexity index is 303. The molecule has 1 heterocycles. The number of hydrogen-bond acceptors (Lipinski definition) is 4. The van der Waals surface area contributed by atoms with Crippen LogP contribution in [0.4, 0.5) is 0 Å². The lowest BCUT2D eigenvalue weighted by molar-refractivity contribution is -0.159. The van der Waals surface area contributed by atoms with Gasteiger partial charge in [-0.3, -0.25) is 9.59 Å². The molecule has 6 nitrogen and oxygen atoms in total. The van der Waals surface area contributed by atoms with Gasteiger partial charge in [0.25, 0.3) is 0 Å². The number of nitrogens with one attached hydrogen (secondary N) is 1. The number of esters is 1. The normalized spacial score (nSPS) is 20.1. The van der Waals surface area contributed by atoms with E-state index < -0.39 is 11.9 Å². The van der Waals surface area contributed by atoms with Gasteiger partial charge in [-0.2, -0.15) is 0 Å². The van der Waals surface area contributed by atoms with Gasteiger partial charge in [0.1, 0.15) is 0 Å². The Kier molecular flexibility index (Phi) is 4.28. The summed E-state index contributed by atoms with van der Waals surface area (Å²) in [5.41, 5.74) is 0. The quantitative estimate of drug-likeness (QED) is 0.468. The van der Waals surface area contributed by atoms with E-state index in [1.807, 2.05) is 0 Å². The monoisotopic (exact) mass is 228 g/mol. The van der Waals surface area contributed by atoms with E-state index in [-0.39, 0.29) is 18.4 Å². The predicted octanol–water partition coefficient (Wildman–Crippen LogP) is -0.856. The average Bonchev–Trinajstić information content (AvgIpc) is 2.36. The fourth-order valence-corrected chi connectivity index (χ4v) is 1.80. The van der Waals surface area contributed by atoms with Crippen LogP contribution >= 0.6 is 0 Å². The van der Waals surface area contributed by atoms with Crippen LogP contribution in [0, 0.1) is 5.92 Å². The van der Waals surface area contributed by atoms with Crippen molar-refractivity contribution >= 4 is 17.8 Å². The minimum absolute atomic E-state index is 0.0950. The van der Waals surface area contributed by atoms with Crippen molar-refractivity contribution in [3.63, 3.8) is 0 Å². The molecule has 0 spiro atoms. The lowest BCUT2D eigenvalue weighted by Gasteiger charge is -2.30. The number of piperidine rings is 1. The van der Waals surface area contributed by atoms with E-state index in [0.717, 1.165) is 12.8 Å². The molecule has 0 aromatic carbocycles. The number of rotatable bonds is 1.